The van der Waals surface area contributed by atoms with Crippen molar-refractivity contribution in [1.29, 1.82) is 0 Å². The average Bonchev–Trinajstić information content (AvgIpc) is 3.29. The molecule has 3 rings (SSSR count). The Labute approximate surface area is 182 Å². The van der Waals surface area contributed by atoms with Gasteiger partial charge in [-0.2, -0.15) is 0 Å². The molecule has 2 aromatic heterocycles. The zero-order valence-electron chi connectivity index (χ0n) is 17.9. The number of ether oxygens (including phenoxy) is 1. The molecule has 6 heteroatoms. The number of carbonyl (C=O) groups excluding carboxylic acids is 1. The second kappa shape index (κ2) is 10.9. The molecule has 0 aliphatic carbocycles. The number of nitrogens with zero attached hydrogens (tertiary/aromatic N) is 2. The number of hydrogen-bond donors (Lipinski definition) is 1. The van der Waals surface area contributed by atoms with Crippen LogP contribution in [0.4, 0.5) is 5.82 Å². The molecule has 1 N–H and O–H groups in total. The fraction of sp³-hybridized carbons (Fsp3) is 0.375. The maximum absolute atomic E-state index is 12.6. The molecule has 0 bridgehead atoms. The van der Waals surface area contributed by atoms with Gasteiger partial charge in [0.05, 0.1) is 23.9 Å². The first-order valence-corrected chi connectivity index (χ1v) is 11.3. The first-order chi connectivity index (χ1) is 14.6. The summed E-state index contributed by atoms with van der Waals surface area (Å²) < 4.78 is 5.23. The summed E-state index contributed by atoms with van der Waals surface area (Å²) in [6.45, 7) is 4.33. The van der Waals surface area contributed by atoms with E-state index in [1.165, 1.54) is 19.3 Å². The van der Waals surface area contributed by atoms with E-state index in [0.29, 0.717) is 23.9 Å². The van der Waals surface area contributed by atoms with E-state index >= 15 is 0 Å². The van der Waals surface area contributed by atoms with E-state index in [1.54, 1.807) is 24.6 Å². The Hall–Kier alpha value is -2.73. The second-order valence-electron chi connectivity index (χ2n) is 7.51. The second-order valence-corrected chi connectivity index (χ2v) is 8.46. The molecular weight excluding hydrogens is 394 g/mol. The molecule has 0 fully saturated rings. The highest BCUT2D eigenvalue weighted by atomic mass is 32.1. The Kier molecular flexibility index (Phi) is 7.97. The summed E-state index contributed by atoms with van der Waals surface area (Å²) in [5, 5.41) is 4.99. The van der Waals surface area contributed by atoms with Gasteiger partial charge in [0, 0.05) is 12.0 Å². The van der Waals surface area contributed by atoms with Crippen LogP contribution in [0, 0.1) is 5.92 Å². The van der Waals surface area contributed by atoms with Gasteiger partial charge in [-0.05, 0) is 41.6 Å². The van der Waals surface area contributed by atoms with Gasteiger partial charge in [-0.1, -0.05) is 45.6 Å². The number of carbonyl (C=O) groups is 1. The van der Waals surface area contributed by atoms with Gasteiger partial charge in [-0.15, -0.1) is 11.3 Å². The number of nitrogens with one attached hydrogen (secondary N) is 1. The normalized spacial score (nSPS) is 11.8. The van der Waals surface area contributed by atoms with Crippen molar-refractivity contribution in [3.8, 4) is 27.6 Å². The molecule has 158 valence electrons. The molecular formula is C24H29N3O2S. The fourth-order valence-corrected chi connectivity index (χ4v) is 4.03. The zero-order chi connectivity index (χ0) is 21.3. The summed E-state index contributed by atoms with van der Waals surface area (Å²) in [5.41, 5.74) is 2.40. The average molecular weight is 424 g/mol. The Morgan fingerprint density at radius 2 is 2.00 bits per heavy atom. The third-order valence-corrected chi connectivity index (χ3v) is 5.88. The number of aromatic nitrogens is 2. The lowest BCUT2D eigenvalue weighted by Gasteiger charge is -2.13. The van der Waals surface area contributed by atoms with E-state index in [0.717, 1.165) is 28.3 Å². The van der Waals surface area contributed by atoms with E-state index in [4.69, 9.17) is 9.72 Å². The van der Waals surface area contributed by atoms with Crippen molar-refractivity contribution < 1.29 is 9.53 Å². The molecule has 0 saturated carbocycles. The predicted molar refractivity (Wildman–Crippen MR) is 124 cm³/mol. The molecule has 30 heavy (non-hydrogen) atoms. The molecule has 0 radical (unpaired) electrons. The number of thiophene rings is 1. The highest BCUT2D eigenvalue weighted by Gasteiger charge is 2.16. The minimum absolute atomic E-state index is 0.0108. The van der Waals surface area contributed by atoms with Crippen LogP contribution in [0.3, 0.4) is 0 Å². The highest BCUT2D eigenvalue weighted by molar-refractivity contribution is 7.13. The lowest BCUT2D eigenvalue weighted by molar-refractivity contribution is -0.117. The maximum atomic E-state index is 12.6. The summed E-state index contributed by atoms with van der Waals surface area (Å²) in [6.07, 6.45) is 6.85. The van der Waals surface area contributed by atoms with Crippen molar-refractivity contribution in [3.05, 3.63) is 48.0 Å². The van der Waals surface area contributed by atoms with Crippen molar-refractivity contribution in [2.45, 2.75) is 46.0 Å². The third-order valence-electron chi connectivity index (χ3n) is 5.01. The quantitative estimate of drug-likeness (QED) is 0.382. The third kappa shape index (κ3) is 5.89. The fourth-order valence-electron chi connectivity index (χ4n) is 3.31. The number of hydrogen-bond acceptors (Lipinski definition) is 5. The minimum Gasteiger partial charge on any atom is -0.497 e. The molecule has 0 aliphatic heterocycles. The standard InChI is InChI=1S/C24H29N3O2S/c1-4-5-6-8-17(2)15-22(28)27-24-23(21-9-7-14-30-21)26-20(16-25-24)18-10-12-19(29-3)13-11-18/h7,9-14,16-17H,4-6,8,15H2,1-3H3,(H,25,27,28). The van der Waals surface area contributed by atoms with Gasteiger partial charge in [0.15, 0.2) is 5.82 Å². The minimum atomic E-state index is -0.0108. The molecule has 0 spiro atoms. The lowest BCUT2D eigenvalue weighted by Crippen LogP contribution is -2.17. The number of rotatable bonds is 10. The van der Waals surface area contributed by atoms with Gasteiger partial charge in [0.25, 0.3) is 0 Å². The molecule has 1 atom stereocenters. The Morgan fingerprint density at radius 1 is 1.20 bits per heavy atom. The van der Waals surface area contributed by atoms with Crippen LogP contribution in [0.5, 0.6) is 5.75 Å². The van der Waals surface area contributed by atoms with Crippen molar-refractivity contribution >= 4 is 23.1 Å². The first kappa shape index (κ1) is 22.0. The Bertz CT molecular complexity index is 940. The smallest absolute Gasteiger partial charge is 0.225 e. The van der Waals surface area contributed by atoms with Crippen LogP contribution in [0.2, 0.25) is 0 Å². The molecule has 2 heterocycles. The topological polar surface area (TPSA) is 64.1 Å². The summed E-state index contributed by atoms with van der Waals surface area (Å²) in [4.78, 5) is 23.0. The lowest BCUT2D eigenvalue weighted by atomic mass is 9.99. The van der Waals surface area contributed by atoms with Gasteiger partial charge in [0.1, 0.15) is 11.4 Å². The van der Waals surface area contributed by atoms with E-state index in [2.05, 4.69) is 24.1 Å². The van der Waals surface area contributed by atoms with Gasteiger partial charge in [-0.25, -0.2) is 9.97 Å². The van der Waals surface area contributed by atoms with Gasteiger partial charge in [0.2, 0.25) is 5.91 Å². The van der Waals surface area contributed by atoms with Gasteiger partial charge < -0.3 is 10.1 Å². The summed E-state index contributed by atoms with van der Waals surface area (Å²) >= 11 is 1.58. The van der Waals surface area contributed by atoms with Crippen molar-refractivity contribution in [1.82, 2.24) is 9.97 Å². The summed E-state index contributed by atoms with van der Waals surface area (Å²) in [7, 11) is 1.64. The molecule has 0 aliphatic rings. The van der Waals surface area contributed by atoms with E-state index in [-0.39, 0.29) is 5.91 Å². The van der Waals surface area contributed by atoms with Crippen LogP contribution < -0.4 is 10.1 Å². The van der Waals surface area contributed by atoms with E-state index in [1.807, 2.05) is 41.8 Å². The van der Waals surface area contributed by atoms with Crippen LogP contribution in [-0.2, 0) is 4.79 Å². The predicted octanol–water partition coefficient (Wildman–Crippen LogP) is 6.43. The number of anilines is 1. The molecule has 5 nitrogen and oxygen atoms in total. The van der Waals surface area contributed by atoms with Crippen LogP contribution in [-0.4, -0.2) is 23.0 Å². The molecule has 1 amide bonds. The van der Waals surface area contributed by atoms with Crippen molar-refractivity contribution in [2.75, 3.05) is 12.4 Å². The Balaban J connectivity index is 1.79. The van der Waals surface area contributed by atoms with Crippen molar-refractivity contribution in [3.63, 3.8) is 0 Å². The van der Waals surface area contributed by atoms with Crippen LogP contribution in [0.1, 0.15) is 46.0 Å². The molecule has 1 unspecified atom stereocenters. The number of unbranched alkanes of at least 4 members (excludes halogenated alkanes) is 2. The zero-order valence-corrected chi connectivity index (χ0v) is 18.7. The van der Waals surface area contributed by atoms with Gasteiger partial charge >= 0.3 is 0 Å². The largest absolute Gasteiger partial charge is 0.497 e. The first-order valence-electron chi connectivity index (χ1n) is 10.5. The summed E-state index contributed by atoms with van der Waals surface area (Å²) in [5.74, 6) is 1.65. The molecule has 3 aromatic rings. The molecule has 1 aromatic carbocycles. The summed E-state index contributed by atoms with van der Waals surface area (Å²) in [6, 6.07) is 11.7. The van der Waals surface area contributed by atoms with Crippen LogP contribution in [0.25, 0.3) is 21.8 Å². The monoisotopic (exact) mass is 423 g/mol. The SMILES string of the molecule is CCCCCC(C)CC(=O)Nc1ncc(-c2ccc(OC)cc2)nc1-c1cccs1. The van der Waals surface area contributed by atoms with Crippen molar-refractivity contribution in [2.24, 2.45) is 5.92 Å². The number of methoxy groups -OCH3 is 1. The number of benzene rings is 1. The highest BCUT2D eigenvalue weighted by Crippen LogP contribution is 2.31. The Morgan fingerprint density at radius 3 is 2.67 bits per heavy atom. The van der Waals surface area contributed by atoms with E-state index in [9.17, 15) is 4.79 Å². The van der Waals surface area contributed by atoms with Crippen LogP contribution >= 0.6 is 11.3 Å². The van der Waals surface area contributed by atoms with E-state index < -0.39 is 0 Å². The van der Waals surface area contributed by atoms with Gasteiger partial charge in [-0.3, -0.25) is 4.79 Å². The number of amides is 1. The maximum Gasteiger partial charge on any atom is 0.225 e. The molecule has 0 saturated heterocycles. The van der Waals surface area contributed by atoms with Crippen LogP contribution in [0.15, 0.2) is 48.0 Å².